The molecule has 0 bridgehead atoms. The number of halogens is 2. The van der Waals surface area contributed by atoms with Crippen LogP contribution >= 0.6 is 15.9 Å². The zero-order chi connectivity index (χ0) is 12.1. The van der Waals surface area contributed by atoms with E-state index < -0.39 is 0 Å². The van der Waals surface area contributed by atoms with Crippen LogP contribution in [0.1, 0.15) is 10.4 Å². The van der Waals surface area contributed by atoms with Gasteiger partial charge in [0.25, 0.3) is 0 Å². The summed E-state index contributed by atoms with van der Waals surface area (Å²) < 4.78 is 2.74. The summed E-state index contributed by atoms with van der Waals surface area (Å²) in [5.74, 6) is -0.0114. The molecule has 18 heavy (non-hydrogen) atoms. The standard InChI is InChI=1S/C14H11BrNO.ClH/c15-13-6-4-5-12(11-13)14(17)7-10-16-8-2-1-3-9-16;/h1-11H;1H/q+1;/p-1/b10-7+;. The minimum atomic E-state index is -0.0114. The van der Waals surface area contributed by atoms with Gasteiger partial charge in [-0.1, -0.05) is 34.1 Å². The SMILES string of the molecule is O=C(/C=C/[n+]1ccccc1)c1cccc(Br)c1.[Cl-]. The lowest BCUT2D eigenvalue weighted by Gasteiger charge is -1.95. The predicted octanol–water partition coefficient (Wildman–Crippen LogP) is 0.0942. The Morgan fingerprint density at radius 2 is 1.83 bits per heavy atom. The number of carbonyl (C=O) groups excluding carboxylic acids is 1. The molecule has 1 aromatic heterocycles. The van der Waals surface area contributed by atoms with Crippen molar-refractivity contribution in [1.82, 2.24) is 0 Å². The minimum Gasteiger partial charge on any atom is -1.00 e. The van der Waals surface area contributed by atoms with Gasteiger partial charge in [-0.15, -0.1) is 0 Å². The van der Waals surface area contributed by atoms with Gasteiger partial charge in [0.2, 0.25) is 0 Å². The summed E-state index contributed by atoms with van der Waals surface area (Å²) >= 11 is 3.34. The Balaban J connectivity index is 0.00000162. The van der Waals surface area contributed by atoms with Gasteiger partial charge in [-0.05, 0) is 12.1 Å². The van der Waals surface area contributed by atoms with Gasteiger partial charge >= 0.3 is 0 Å². The molecule has 0 spiro atoms. The van der Waals surface area contributed by atoms with E-state index in [4.69, 9.17) is 0 Å². The lowest BCUT2D eigenvalue weighted by molar-refractivity contribution is -0.568. The number of hydrogen-bond acceptors (Lipinski definition) is 1. The second-order valence-corrected chi connectivity index (χ2v) is 4.43. The Kier molecular flexibility index (Phi) is 5.75. The first-order valence-electron chi connectivity index (χ1n) is 5.19. The number of pyridine rings is 1. The van der Waals surface area contributed by atoms with Gasteiger partial charge in [0.1, 0.15) is 0 Å². The molecule has 2 nitrogen and oxygen atoms in total. The Hall–Kier alpha value is -1.45. The fourth-order valence-electron chi connectivity index (χ4n) is 1.40. The number of benzene rings is 1. The molecule has 0 saturated heterocycles. The van der Waals surface area contributed by atoms with Gasteiger partial charge in [0.05, 0.1) is 6.08 Å². The fourth-order valence-corrected chi connectivity index (χ4v) is 1.80. The number of carbonyl (C=O) groups is 1. The van der Waals surface area contributed by atoms with Crippen LogP contribution in [-0.2, 0) is 0 Å². The van der Waals surface area contributed by atoms with E-state index in [0.29, 0.717) is 5.56 Å². The smallest absolute Gasteiger partial charge is 0.191 e. The van der Waals surface area contributed by atoms with E-state index in [1.54, 1.807) is 18.3 Å². The Morgan fingerprint density at radius 3 is 2.50 bits per heavy atom. The van der Waals surface area contributed by atoms with Crippen LogP contribution in [0.25, 0.3) is 6.20 Å². The van der Waals surface area contributed by atoms with Crippen molar-refractivity contribution in [3.63, 3.8) is 0 Å². The molecule has 0 N–H and O–H groups in total. The first-order valence-corrected chi connectivity index (χ1v) is 5.99. The third-order valence-corrected chi connectivity index (χ3v) is 2.74. The molecule has 0 amide bonds. The molecule has 2 aromatic rings. The van der Waals surface area contributed by atoms with E-state index in [9.17, 15) is 4.79 Å². The number of nitrogens with zero attached hydrogens (tertiary/aromatic N) is 1. The van der Waals surface area contributed by atoms with Crippen LogP contribution in [-0.4, -0.2) is 5.78 Å². The summed E-state index contributed by atoms with van der Waals surface area (Å²) in [6, 6.07) is 13.1. The van der Waals surface area contributed by atoms with Crippen molar-refractivity contribution in [2.45, 2.75) is 0 Å². The second-order valence-electron chi connectivity index (χ2n) is 3.51. The summed E-state index contributed by atoms with van der Waals surface area (Å²) in [7, 11) is 0. The first-order chi connectivity index (χ1) is 8.25. The molecule has 0 aliphatic heterocycles. The molecule has 0 radical (unpaired) electrons. The van der Waals surface area contributed by atoms with Crippen LogP contribution < -0.4 is 17.0 Å². The monoisotopic (exact) mass is 323 g/mol. The normalized spacial score (nSPS) is 10.1. The molecular formula is C14H11BrClNO. The fraction of sp³-hybridized carbons (Fsp3) is 0. The van der Waals surface area contributed by atoms with Gasteiger partial charge in [-0.25, -0.2) is 0 Å². The summed E-state index contributed by atoms with van der Waals surface area (Å²) in [5.41, 5.74) is 0.673. The average Bonchev–Trinajstić information content (AvgIpc) is 2.37. The summed E-state index contributed by atoms with van der Waals surface area (Å²) in [4.78, 5) is 11.8. The van der Waals surface area contributed by atoms with Crippen molar-refractivity contribution in [2.24, 2.45) is 0 Å². The van der Waals surface area contributed by atoms with E-state index in [1.807, 2.05) is 53.4 Å². The quantitative estimate of drug-likeness (QED) is 0.445. The van der Waals surface area contributed by atoms with Crippen LogP contribution in [0.2, 0.25) is 0 Å². The van der Waals surface area contributed by atoms with E-state index in [-0.39, 0.29) is 18.2 Å². The zero-order valence-corrected chi connectivity index (χ0v) is 11.8. The maximum absolute atomic E-state index is 11.8. The highest BCUT2D eigenvalue weighted by atomic mass is 79.9. The number of rotatable bonds is 3. The highest BCUT2D eigenvalue weighted by Gasteiger charge is 2.03. The maximum Gasteiger partial charge on any atom is 0.191 e. The Bertz CT molecular complexity index is 555. The molecule has 0 fully saturated rings. The largest absolute Gasteiger partial charge is 1.00 e. The molecule has 0 aliphatic carbocycles. The topological polar surface area (TPSA) is 20.9 Å². The molecule has 4 heteroatoms. The number of ketones is 1. The van der Waals surface area contributed by atoms with Crippen molar-refractivity contribution in [3.05, 3.63) is 71.0 Å². The van der Waals surface area contributed by atoms with Crippen LogP contribution in [0.15, 0.2) is 65.4 Å². The Labute approximate surface area is 121 Å². The summed E-state index contributed by atoms with van der Waals surface area (Å²) in [5, 5.41) is 0. The van der Waals surface area contributed by atoms with Gasteiger partial charge < -0.3 is 12.4 Å². The first kappa shape index (κ1) is 14.6. The Morgan fingerprint density at radius 1 is 1.11 bits per heavy atom. The summed E-state index contributed by atoms with van der Waals surface area (Å²) in [6.45, 7) is 0. The molecule has 2 rings (SSSR count). The highest BCUT2D eigenvalue weighted by Crippen LogP contribution is 2.12. The molecule has 0 atom stereocenters. The third kappa shape index (κ3) is 4.09. The molecular weight excluding hydrogens is 314 g/mol. The molecule has 0 saturated carbocycles. The third-order valence-electron chi connectivity index (χ3n) is 2.25. The van der Waals surface area contributed by atoms with Crippen LogP contribution in [0.4, 0.5) is 0 Å². The number of aromatic nitrogens is 1. The van der Waals surface area contributed by atoms with Gasteiger partial charge in [-0.3, -0.25) is 4.79 Å². The summed E-state index contributed by atoms with van der Waals surface area (Å²) in [6.07, 6.45) is 7.06. The van der Waals surface area contributed by atoms with E-state index in [0.717, 1.165) is 4.47 Å². The number of hydrogen-bond donors (Lipinski definition) is 0. The van der Waals surface area contributed by atoms with Crippen molar-refractivity contribution in [1.29, 1.82) is 0 Å². The van der Waals surface area contributed by atoms with E-state index in [1.165, 1.54) is 0 Å². The number of allylic oxidation sites excluding steroid dienone is 1. The van der Waals surface area contributed by atoms with Crippen LogP contribution in [0.5, 0.6) is 0 Å². The van der Waals surface area contributed by atoms with Crippen molar-refractivity contribution in [2.75, 3.05) is 0 Å². The van der Waals surface area contributed by atoms with Crippen molar-refractivity contribution < 1.29 is 21.8 Å². The molecule has 92 valence electrons. The second kappa shape index (κ2) is 7.09. The lowest BCUT2D eigenvalue weighted by Crippen LogP contribution is -3.00. The van der Waals surface area contributed by atoms with E-state index >= 15 is 0 Å². The van der Waals surface area contributed by atoms with Crippen LogP contribution in [0, 0.1) is 0 Å². The zero-order valence-electron chi connectivity index (χ0n) is 9.46. The molecule has 0 unspecified atom stereocenters. The van der Waals surface area contributed by atoms with E-state index in [2.05, 4.69) is 15.9 Å². The van der Waals surface area contributed by atoms with Gasteiger partial charge in [-0.2, -0.15) is 4.57 Å². The van der Waals surface area contributed by atoms with Crippen LogP contribution in [0.3, 0.4) is 0 Å². The average molecular weight is 325 g/mol. The molecule has 1 heterocycles. The van der Waals surface area contributed by atoms with Gasteiger partial charge in [0.15, 0.2) is 24.4 Å². The predicted molar refractivity (Wildman–Crippen MR) is 70.4 cm³/mol. The molecule has 1 aromatic carbocycles. The van der Waals surface area contributed by atoms with Crippen molar-refractivity contribution >= 4 is 27.9 Å². The molecule has 0 aliphatic rings. The maximum atomic E-state index is 11.8. The van der Waals surface area contributed by atoms with Gasteiger partial charge in [0, 0.05) is 22.2 Å². The highest BCUT2D eigenvalue weighted by molar-refractivity contribution is 9.10. The minimum absolute atomic E-state index is 0. The lowest BCUT2D eigenvalue weighted by atomic mass is 10.1. The van der Waals surface area contributed by atoms with Crippen molar-refractivity contribution in [3.8, 4) is 0 Å².